The van der Waals surface area contributed by atoms with Crippen LogP contribution in [-0.2, 0) is 24.0 Å². The Labute approximate surface area is 138 Å². The van der Waals surface area contributed by atoms with E-state index >= 15 is 0 Å². The first-order valence-electron chi connectivity index (χ1n) is 7.81. The second-order valence-electron chi connectivity index (χ2n) is 6.91. The summed E-state index contributed by atoms with van der Waals surface area (Å²) in [7, 11) is 1.36. The predicted octanol–water partition coefficient (Wildman–Crippen LogP) is 1.58. The average Bonchev–Trinajstić information content (AvgIpc) is 2.40. The number of hydroxylamine groups is 2. The molecule has 0 saturated carbocycles. The molecule has 0 radical (unpaired) electrons. The fourth-order valence-electron chi connectivity index (χ4n) is 1.65. The van der Waals surface area contributed by atoms with Crippen LogP contribution in [-0.4, -0.2) is 48.0 Å². The number of carbonyl (C=O) groups is 3. The summed E-state index contributed by atoms with van der Waals surface area (Å²) in [4.78, 5) is 38.4. The smallest absolute Gasteiger partial charge is 0.332 e. The molecule has 0 bridgehead atoms. The van der Waals surface area contributed by atoms with Crippen molar-refractivity contribution in [3.05, 3.63) is 0 Å². The summed E-state index contributed by atoms with van der Waals surface area (Å²) in [6, 6.07) is 0. The summed E-state index contributed by atoms with van der Waals surface area (Å²) in [5.41, 5.74) is 5.12. The first kappa shape index (κ1) is 21.5. The molecule has 0 aliphatic heterocycles. The van der Waals surface area contributed by atoms with Gasteiger partial charge in [0.25, 0.3) is 5.91 Å². The molecule has 0 rings (SSSR count). The minimum atomic E-state index is -0.511. The SMILES string of the molecule is CN(OC(=O)CCC(C)(C)OCCC(C)(C)N)C(=O)CCC=O. The maximum atomic E-state index is 11.8. The normalized spacial score (nSPS) is 11.9. The number of hydrogen-bond acceptors (Lipinski definition) is 6. The molecule has 0 aliphatic rings. The van der Waals surface area contributed by atoms with Crippen LogP contribution >= 0.6 is 0 Å². The van der Waals surface area contributed by atoms with E-state index in [0.717, 1.165) is 11.5 Å². The molecule has 23 heavy (non-hydrogen) atoms. The van der Waals surface area contributed by atoms with E-state index < -0.39 is 17.5 Å². The van der Waals surface area contributed by atoms with Crippen molar-refractivity contribution in [3.63, 3.8) is 0 Å². The topological polar surface area (TPSA) is 98.9 Å². The van der Waals surface area contributed by atoms with Gasteiger partial charge in [0.2, 0.25) is 0 Å². The van der Waals surface area contributed by atoms with Crippen LogP contribution in [0, 0.1) is 0 Å². The highest BCUT2D eigenvalue weighted by Crippen LogP contribution is 2.19. The van der Waals surface area contributed by atoms with E-state index in [1.165, 1.54) is 7.05 Å². The third-order valence-corrected chi connectivity index (χ3v) is 3.24. The zero-order valence-corrected chi connectivity index (χ0v) is 14.9. The van der Waals surface area contributed by atoms with Gasteiger partial charge >= 0.3 is 5.97 Å². The molecule has 0 atom stereocenters. The first-order chi connectivity index (χ1) is 10.5. The van der Waals surface area contributed by atoms with Crippen molar-refractivity contribution in [1.29, 1.82) is 0 Å². The van der Waals surface area contributed by atoms with E-state index in [1.54, 1.807) is 0 Å². The highest BCUT2D eigenvalue weighted by Gasteiger charge is 2.23. The van der Waals surface area contributed by atoms with Crippen LogP contribution < -0.4 is 5.73 Å². The highest BCUT2D eigenvalue weighted by atomic mass is 16.7. The van der Waals surface area contributed by atoms with Crippen molar-refractivity contribution in [2.24, 2.45) is 5.73 Å². The van der Waals surface area contributed by atoms with Crippen molar-refractivity contribution in [2.45, 2.75) is 70.9 Å². The molecule has 0 aromatic carbocycles. The molecular weight excluding hydrogens is 300 g/mol. The van der Waals surface area contributed by atoms with Crippen LogP contribution in [0.25, 0.3) is 0 Å². The van der Waals surface area contributed by atoms with Gasteiger partial charge in [-0.3, -0.25) is 4.79 Å². The van der Waals surface area contributed by atoms with Gasteiger partial charge in [-0.15, -0.1) is 0 Å². The van der Waals surface area contributed by atoms with E-state index in [9.17, 15) is 14.4 Å². The van der Waals surface area contributed by atoms with Crippen LogP contribution in [0.2, 0.25) is 0 Å². The summed E-state index contributed by atoms with van der Waals surface area (Å²) < 4.78 is 5.75. The van der Waals surface area contributed by atoms with Crippen LogP contribution in [0.15, 0.2) is 0 Å². The van der Waals surface area contributed by atoms with Crippen LogP contribution in [0.1, 0.15) is 59.8 Å². The van der Waals surface area contributed by atoms with Gasteiger partial charge in [-0.2, -0.15) is 5.06 Å². The van der Waals surface area contributed by atoms with E-state index in [0.29, 0.717) is 19.3 Å². The van der Waals surface area contributed by atoms with Crippen molar-refractivity contribution < 1.29 is 24.0 Å². The monoisotopic (exact) mass is 330 g/mol. The Morgan fingerprint density at radius 3 is 2.26 bits per heavy atom. The minimum Gasteiger partial charge on any atom is -0.375 e. The summed E-state index contributed by atoms with van der Waals surface area (Å²) >= 11 is 0. The van der Waals surface area contributed by atoms with Crippen LogP contribution in [0.3, 0.4) is 0 Å². The number of aldehydes is 1. The van der Waals surface area contributed by atoms with Gasteiger partial charge < -0.3 is 20.1 Å². The molecule has 0 saturated heterocycles. The minimum absolute atomic E-state index is 0.0246. The van der Waals surface area contributed by atoms with Gasteiger partial charge in [-0.05, 0) is 40.5 Å². The molecule has 2 N–H and O–H groups in total. The maximum Gasteiger partial charge on any atom is 0.332 e. The molecular formula is C16H30N2O5. The molecule has 1 amide bonds. The Balaban J connectivity index is 4.10. The molecule has 7 heteroatoms. The van der Waals surface area contributed by atoms with Gasteiger partial charge in [0.1, 0.15) is 6.29 Å². The molecule has 0 fully saturated rings. The molecule has 0 aliphatic carbocycles. The van der Waals surface area contributed by atoms with Crippen molar-refractivity contribution in [2.75, 3.05) is 13.7 Å². The summed E-state index contributed by atoms with van der Waals surface area (Å²) in [6.07, 6.45) is 2.10. The molecule has 0 spiro atoms. The number of rotatable bonds is 10. The number of hydrogen-bond donors (Lipinski definition) is 1. The summed E-state index contributed by atoms with van der Waals surface area (Å²) in [5, 5.41) is 0.872. The third-order valence-electron chi connectivity index (χ3n) is 3.24. The van der Waals surface area contributed by atoms with Crippen LogP contribution in [0.5, 0.6) is 0 Å². The quantitative estimate of drug-likeness (QED) is 0.482. The van der Waals surface area contributed by atoms with E-state index in [1.807, 2.05) is 27.7 Å². The van der Waals surface area contributed by atoms with Crippen molar-refractivity contribution >= 4 is 18.2 Å². The fraction of sp³-hybridized carbons (Fsp3) is 0.812. The number of nitrogens with zero attached hydrogens (tertiary/aromatic N) is 1. The largest absolute Gasteiger partial charge is 0.375 e. The number of nitrogens with two attached hydrogens (primary N) is 1. The second kappa shape index (κ2) is 9.62. The van der Waals surface area contributed by atoms with Gasteiger partial charge in [0, 0.05) is 32.0 Å². The van der Waals surface area contributed by atoms with E-state index in [4.69, 9.17) is 15.3 Å². The van der Waals surface area contributed by atoms with Crippen molar-refractivity contribution in [3.8, 4) is 0 Å². The van der Waals surface area contributed by atoms with Gasteiger partial charge in [0.15, 0.2) is 0 Å². The van der Waals surface area contributed by atoms with E-state index in [-0.39, 0.29) is 24.8 Å². The van der Waals surface area contributed by atoms with Crippen LogP contribution in [0.4, 0.5) is 0 Å². The predicted molar refractivity (Wildman–Crippen MR) is 86.3 cm³/mol. The average molecular weight is 330 g/mol. The highest BCUT2D eigenvalue weighted by molar-refractivity contribution is 5.79. The van der Waals surface area contributed by atoms with Crippen molar-refractivity contribution in [1.82, 2.24) is 5.06 Å². The third kappa shape index (κ3) is 11.7. The number of ether oxygens (including phenoxy) is 1. The molecule has 0 unspecified atom stereocenters. The Hall–Kier alpha value is -1.47. The molecule has 0 aromatic rings. The Kier molecular flexibility index (Phi) is 9.01. The summed E-state index contributed by atoms with van der Waals surface area (Å²) in [6.45, 7) is 8.15. The lowest BCUT2D eigenvalue weighted by molar-refractivity contribution is -0.193. The maximum absolute atomic E-state index is 11.8. The fourth-order valence-corrected chi connectivity index (χ4v) is 1.65. The summed E-state index contributed by atoms with van der Waals surface area (Å²) in [5.74, 6) is -0.922. The first-order valence-corrected chi connectivity index (χ1v) is 7.81. The number of amides is 1. The zero-order chi connectivity index (χ0) is 18.1. The lowest BCUT2D eigenvalue weighted by Crippen LogP contribution is -2.36. The lowest BCUT2D eigenvalue weighted by Gasteiger charge is -2.27. The zero-order valence-electron chi connectivity index (χ0n) is 14.9. The molecule has 134 valence electrons. The Morgan fingerprint density at radius 2 is 1.74 bits per heavy atom. The van der Waals surface area contributed by atoms with E-state index in [2.05, 4.69) is 0 Å². The molecule has 7 nitrogen and oxygen atoms in total. The van der Waals surface area contributed by atoms with Gasteiger partial charge in [-0.25, -0.2) is 4.79 Å². The van der Waals surface area contributed by atoms with Gasteiger partial charge in [-0.1, -0.05) is 0 Å². The Morgan fingerprint density at radius 1 is 1.13 bits per heavy atom. The molecule has 0 heterocycles. The number of carbonyl (C=O) groups excluding carboxylic acids is 3. The Bertz CT molecular complexity index is 402. The van der Waals surface area contributed by atoms with Gasteiger partial charge in [0.05, 0.1) is 12.0 Å². The second-order valence-corrected chi connectivity index (χ2v) is 6.91. The molecule has 0 aromatic heterocycles. The standard InChI is InChI=1S/C16H30N2O5/c1-15(2,17)10-12-22-16(3,4)9-8-14(21)23-18(5)13(20)7-6-11-19/h11H,6-10,12,17H2,1-5H3. The lowest BCUT2D eigenvalue weighted by atomic mass is 10.0.